The van der Waals surface area contributed by atoms with Crippen molar-refractivity contribution in [2.45, 2.75) is 39.2 Å². The molecule has 0 amide bonds. The quantitative estimate of drug-likeness (QED) is 0.795. The van der Waals surface area contributed by atoms with Crippen LogP contribution in [0, 0.1) is 0 Å². The summed E-state index contributed by atoms with van der Waals surface area (Å²) >= 11 is 0. The molecule has 0 spiro atoms. The summed E-state index contributed by atoms with van der Waals surface area (Å²) in [7, 11) is 0. The van der Waals surface area contributed by atoms with E-state index in [2.05, 4.69) is 57.3 Å². The van der Waals surface area contributed by atoms with Crippen LogP contribution in [0.3, 0.4) is 0 Å². The topological polar surface area (TPSA) is 38.0 Å². The molecule has 0 aromatic heterocycles. The highest BCUT2D eigenvalue weighted by Gasteiger charge is 2.14. The zero-order valence-corrected chi connectivity index (χ0v) is 10.2. The third-order valence-electron chi connectivity index (χ3n) is 2.57. The molecule has 84 valence electrons. The van der Waals surface area contributed by atoms with Gasteiger partial charge in [-0.1, -0.05) is 26.0 Å². The molecule has 0 heterocycles. The van der Waals surface area contributed by atoms with Gasteiger partial charge in [-0.05, 0) is 37.5 Å². The maximum atomic E-state index is 5.67. The molecule has 0 radical (unpaired) electrons. The lowest BCUT2D eigenvalue weighted by Crippen LogP contribution is -2.39. The van der Waals surface area contributed by atoms with Crippen molar-refractivity contribution in [3.63, 3.8) is 0 Å². The highest BCUT2D eigenvalue weighted by Crippen LogP contribution is 2.19. The Labute approximate surface area is 92.9 Å². The molecular formula is C13H22N2. The molecule has 0 saturated carbocycles. The summed E-state index contributed by atoms with van der Waals surface area (Å²) in [4.78, 5) is 0. The molecule has 3 N–H and O–H groups in total. The number of hydrogen-bond acceptors (Lipinski definition) is 2. The summed E-state index contributed by atoms with van der Waals surface area (Å²) in [5.41, 5.74) is 8.13. The summed E-state index contributed by atoms with van der Waals surface area (Å²) in [6.45, 7) is 9.23. The van der Waals surface area contributed by atoms with Crippen LogP contribution in [0.2, 0.25) is 0 Å². The van der Waals surface area contributed by atoms with Crippen molar-refractivity contribution in [1.82, 2.24) is 0 Å². The summed E-state index contributed by atoms with van der Waals surface area (Å²) in [5, 5.41) is 3.41. The van der Waals surface area contributed by atoms with Crippen LogP contribution >= 0.6 is 0 Å². The first-order valence-corrected chi connectivity index (χ1v) is 5.53. The van der Waals surface area contributed by atoms with Crippen molar-refractivity contribution in [1.29, 1.82) is 0 Å². The fourth-order valence-electron chi connectivity index (χ4n) is 1.39. The largest absolute Gasteiger partial charge is 0.379 e. The van der Waals surface area contributed by atoms with Crippen molar-refractivity contribution in [2.75, 3.05) is 11.9 Å². The predicted molar refractivity (Wildman–Crippen MR) is 67.3 cm³/mol. The van der Waals surface area contributed by atoms with Crippen LogP contribution in [0.25, 0.3) is 0 Å². The molecule has 0 unspecified atom stereocenters. The molecule has 2 heteroatoms. The molecule has 0 atom stereocenters. The first-order chi connectivity index (χ1) is 6.94. The van der Waals surface area contributed by atoms with Gasteiger partial charge >= 0.3 is 0 Å². The zero-order valence-electron chi connectivity index (χ0n) is 10.2. The van der Waals surface area contributed by atoms with Gasteiger partial charge in [0.05, 0.1) is 0 Å². The molecule has 15 heavy (non-hydrogen) atoms. The monoisotopic (exact) mass is 206 g/mol. The lowest BCUT2D eigenvalue weighted by atomic mass is 10.0. The average Bonchev–Trinajstić information content (AvgIpc) is 2.18. The van der Waals surface area contributed by atoms with E-state index in [1.165, 1.54) is 5.56 Å². The van der Waals surface area contributed by atoms with Gasteiger partial charge in [-0.2, -0.15) is 0 Å². The Morgan fingerprint density at radius 1 is 1.20 bits per heavy atom. The van der Waals surface area contributed by atoms with Gasteiger partial charge in [-0.3, -0.25) is 0 Å². The van der Waals surface area contributed by atoms with E-state index in [0.29, 0.717) is 12.5 Å². The van der Waals surface area contributed by atoms with Crippen LogP contribution < -0.4 is 11.1 Å². The molecule has 2 nitrogen and oxygen atoms in total. The van der Waals surface area contributed by atoms with Crippen LogP contribution in [-0.4, -0.2) is 12.1 Å². The zero-order chi connectivity index (χ0) is 11.5. The van der Waals surface area contributed by atoms with Crippen LogP contribution in [-0.2, 0) is 0 Å². The molecule has 1 aromatic rings. The van der Waals surface area contributed by atoms with Gasteiger partial charge in [-0.25, -0.2) is 0 Å². The molecule has 0 aliphatic rings. The standard InChI is InChI=1S/C13H22N2/c1-10(2)11-5-7-12(8-6-11)15-13(3,4)9-14/h5-8,10,15H,9,14H2,1-4H3. The van der Waals surface area contributed by atoms with E-state index in [9.17, 15) is 0 Å². The van der Waals surface area contributed by atoms with E-state index in [-0.39, 0.29) is 5.54 Å². The predicted octanol–water partition coefficient (Wildman–Crippen LogP) is 2.96. The Bertz CT molecular complexity index is 299. The minimum absolute atomic E-state index is 0.0423. The number of benzene rings is 1. The highest BCUT2D eigenvalue weighted by molar-refractivity contribution is 5.47. The number of hydrogen-bond donors (Lipinski definition) is 2. The maximum Gasteiger partial charge on any atom is 0.0439 e. The SMILES string of the molecule is CC(C)c1ccc(NC(C)(C)CN)cc1. The molecule has 0 bridgehead atoms. The van der Waals surface area contributed by atoms with E-state index >= 15 is 0 Å². The number of rotatable bonds is 4. The van der Waals surface area contributed by atoms with Crippen LogP contribution in [0.15, 0.2) is 24.3 Å². The average molecular weight is 206 g/mol. The second-order valence-electron chi connectivity index (χ2n) is 4.99. The van der Waals surface area contributed by atoms with Gasteiger partial charge < -0.3 is 11.1 Å². The summed E-state index contributed by atoms with van der Waals surface area (Å²) in [6.07, 6.45) is 0. The Morgan fingerprint density at radius 2 is 1.73 bits per heavy atom. The van der Waals surface area contributed by atoms with Crippen molar-refractivity contribution in [3.8, 4) is 0 Å². The molecule has 0 fully saturated rings. The van der Waals surface area contributed by atoms with Gasteiger partial charge in [0.25, 0.3) is 0 Å². The summed E-state index contributed by atoms with van der Waals surface area (Å²) < 4.78 is 0. The van der Waals surface area contributed by atoms with Crippen LogP contribution in [0.5, 0.6) is 0 Å². The van der Waals surface area contributed by atoms with Crippen LogP contribution in [0.4, 0.5) is 5.69 Å². The number of anilines is 1. The first-order valence-electron chi connectivity index (χ1n) is 5.53. The smallest absolute Gasteiger partial charge is 0.0439 e. The minimum atomic E-state index is -0.0423. The Hall–Kier alpha value is -1.02. The summed E-state index contributed by atoms with van der Waals surface area (Å²) in [5.74, 6) is 0.585. The lowest BCUT2D eigenvalue weighted by Gasteiger charge is -2.25. The molecule has 0 aliphatic heterocycles. The lowest BCUT2D eigenvalue weighted by molar-refractivity contribution is 0.580. The Balaban J connectivity index is 2.73. The number of nitrogens with one attached hydrogen (secondary N) is 1. The van der Waals surface area contributed by atoms with Gasteiger partial charge in [0.2, 0.25) is 0 Å². The molecule has 0 aliphatic carbocycles. The van der Waals surface area contributed by atoms with Crippen molar-refractivity contribution in [3.05, 3.63) is 29.8 Å². The van der Waals surface area contributed by atoms with E-state index in [0.717, 1.165) is 5.69 Å². The van der Waals surface area contributed by atoms with Crippen molar-refractivity contribution in [2.24, 2.45) is 5.73 Å². The fraction of sp³-hybridized carbons (Fsp3) is 0.538. The molecule has 1 aromatic carbocycles. The normalized spacial score (nSPS) is 11.9. The van der Waals surface area contributed by atoms with E-state index in [1.54, 1.807) is 0 Å². The molecule has 0 saturated heterocycles. The number of nitrogens with two attached hydrogens (primary N) is 1. The van der Waals surface area contributed by atoms with Gasteiger partial charge in [-0.15, -0.1) is 0 Å². The first kappa shape index (κ1) is 12.1. The molecule has 1 rings (SSSR count). The third kappa shape index (κ3) is 3.56. The molecular weight excluding hydrogens is 184 g/mol. The summed E-state index contributed by atoms with van der Waals surface area (Å²) in [6, 6.07) is 8.57. The van der Waals surface area contributed by atoms with Gasteiger partial charge in [0, 0.05) is 17.8 Å². The van der Waals surface area contributed by atoms with Gasteiger partial charge in [0.1, 0.15) is 0 Å². The van der Waals surface area contributed by atoms with E-state index in [4.69, 9.17) is 5.73 Å². The highest BCUT2D eigenvalue weighted by atomic mass is 15.0. The van der Waals surface area contributed by atoms with Crippen LogP contribution in [0.1, 0.15) is 39.2 Å². The van der Waals surface area contributed by atoms with E-state index in [1.807, 2.05) is 0 Å². The van der Waals surface area contributed by atoms with Gasteiger partial charge in [0.15, 0.2) is 0 Å². The fourth-order valence-corrected chi connectivity index (χ4v) is 1.39. The Kier molecular flexibility index (Phi) is 3.75. The maximum absolute atomic E-state index is 5.67. The van der Waals surface area contributed by atoms with Crippen molar-refractivity contribution < 1.29 is 0 Å². The van der Waals surface area contributed by atoms with E-state index < -0.39 is 0 Å². The van der Waals surface area contributed by atoms with Crippen molar-refractivity contribution >= 4 is 5.69 Å². The minimum Gasteiger partial charge on any atom is -0.379 e. The second-order valence-corrected chi connectivity index (χ2v) is 4.99. The third-order valence-corrected chi connectivity index (χ3v) is 2.57. The Morgan fingerprint density at radius 3 is 2.13 bits per heavy atom. The second kappa shape index (κ2) is 4.67.